The third kappa shape index (κ3) is 6.46. The minimum absolute atomic E-state index is 0.0856. The predicted octanol–water partition coefficient (Wildman–Crippen LogP) is 5.13. The van der Waals surface area contributed by atoms with Crippen LogP contribution in [-0.2, 0) is 11.2 Å². The standard InChI is InChI=1S/C32H36FN3O5/c1-39-28-12-7-22-19-29(28)40-17-5-15-35-32(38)26-20-24(9-11-27(26)33)41-23-8-10-25-21(18-23)13-16-36(31(22)25)30(37)6-3-2-4-14-34/h7-12,18-20,31H,2-6,13-17,34H2,1H3,(H,35,38). The molecular formula is C32H36FN3O5. The molecule has 9 heteroatoms. The monoisotopic (exact) mass is 561 g/mol. The van der Waals surface area contributed by atoms with E-state index in [1.54, 1.807) is 7.11 Å². The fourth-order valence-electron chi connectivity index (χ4n) is 5.44. The number of halogens is 1. The molecule has 2 amide bonds. The quantitative estimate of drug-likeness (QED) is 0.405. The maximum atomic E-state index is 14.5. The number of hydrogen-bond donors (Lipinski definition) is 2. The highest BCUT2D eigenvalue weighted by Gasteiger charge is 2.33. The Kier molecular flexibility index (Phi) is 9.04. The molecule has 0 saturated heterocycles. The summed E-state index contributed by atoms with van der Waals surface area (Å²) in [5, 5.41) is 2.75. The number of nitrogens with one attached hydrogen (secondary N) is 1. The minimum Gasteiger partial charge on any atom is -0.493 e. The topological polar surface area (TPSA) is 103 Å². The summed E-state index contributed by atoms with van der Waals surface area (Å²) in [4.78, 5) is 28.2. The zero-order chi connectivity index (χ0) is 28.8. The van der Waals surface area contributed by atoms with Gasteiger partial charge in [0, 0.05) is 19.5 Å². The average Bonchev–Trinajstić information content (AvgIpc) is 2.98. The number of hydrogen-bond acceptors (Lipinski definition) is 6. The fourth-order valence-corrected chi connectivity index (χ4v) is 5.44. The van der Waals surface area contributed by atoms with Crippen molar-refractivity contribution in [1.82, 2.24) is 10.2 Å². The number of unbranched alkanes of at least 4 members (excludes halogenated alkanes) is 2. The first-order chi connectivity index (χ1) is 20.0. The molecule has 1 atom stereocenters. The molecule has 3 aliphatic rings. The Morgan fingerprint density at radius 3 is 2.76 bits per heavy atom. The van der Waals surface area contributed by atoms with Gasteiger partial charge in [-0.15, -0.1) is 0 Å². The fraction of sp³-hybridized carbons (Fsp3) is 0.375. The second-order valence-electron chi connectivity index (χ2n) is 10.3. The van der Waals surface area contributed by atoms with Crippen molar-refractivity contribution >= 4 is 11.8 Å². The van der Waals surface area contributed by atoms with Crippen molar-refractivity contribution in [3.8, 4) is 23.0 Å². The molecule has 6 rings (SSSR count). The SMILES string of the molecule is COc1ccc2cc1OCCCNC(=O)c1cc(ccc1F)Oc1ccc3c(c1)CCN(C(=O)CCCCCN)C23. The Bertz CT molecular complexity index is 1410. The van der Waals surface area contributed by atoms with Gasteiger partial charge in [-0.25, -0.2) is 4.39 Å². The summed E-state index contributed by atoms with van der Waals surface area (Å²) >= 11 is 0. The number of rotatable bonds is 6. The molecule has 41 heavy (non-hydrogen) atoms. The molecule has 1 unspecified atom stereocenters. The van der Waals surface area contributed by atoms with Gasteiger partial charge in [0.2, 0.25) is 5.91 Å². The lowest BCUT2D eigenvalue weighted by Gasteiger charge is -2.38. The molecule has 0 aliphatic carbocycles. The maximum absolute atomic E-state index is 14.5. The van der Waals surface area contributed by atoms with Gasteiger partial charge < -0.3 is 30.2 Å². The van der Waals surface area contributed by atoms with Gasteiger partial charge in [-0.2, -0.15) is 0 Å². The Morgan fingerprint density at radius 2 is 1.93 bits per heavy atom. The number of benzene rings is 3. The Labute approximate surface area is 239 Å². The van der Waals surface area contributed by atoms with Crippen LogP contribution in [0.3, 0.4) is 0 Å². The molecule has 0 fully saturated rings. The molecular weight excluding hydrogens is 525 g/mol. The highest BCUT2D eigenvalue weighted by molar-refractivity contribution is 5.94. The van der Waals surface area contributed by atoms with Crippen molar-refractivity contribution < 1.29 is 28.2 Å². The number of nitrogens with zero attached hydrogens (tertiary/aromatic N) is 1. The Morgan fingerprint density at radius 1 is 1.10 bits per heavy atom. The summed E-state index contributed by atoms with van der Waals surface area (Å²) in [5.41, 5.74) is 8.54. The van der Waals surface area contributed by atoms with E-state index >= 15 is 0 Å². The highest BCUT2D eigenvalue weighted by Crippen LogP contribution is 2.41. The van der Waals surface area contributed by atoms with Crippen LogP contribution < -0.4 is 25.3 Å². The number of amides is 2. The van der Waals surface area contributed by atoms with Crippen LogP contribution in [0.5, 0.6) is 23.0 Å². The number of nitrogens with two attached hydrogens (primary N) is 1. The number of methoxy groups -OCH3 is 1. The second-order valence-corrected chi connectivity index (χ2v) is 10.3. The van der Waals surface area contributed by atoms with E-state index in [-0.39, 0.29) is 17.5 Å². The lowest BCUT2D eigenvalue weighted by atomic mass is 9.87. The van der Waals surface area contributed by atoms with Gasteiger partial charge in [0.15, 0.2) is 11.5 Å². The van der Waals surface area contributed by atoms with Gasteiger partial charge in [0.25, 0.3) is 5.91 Å². The van der Waals surface area contributed by atoms with E-state index in [9.17, 15) is 14.0 Å². The van der Waals surface area contributed by atoms with E-state index in [0.717, 1.165) is 36.0 Å². The normalized spacial score (nSPS) is 16.6. The van der Waals surface area contributed by atoms with E-state index in [1.165, 1.54) is 18.2 Å². The largest absolute Gasteiger partial charge is 0.493 e. The van der Waals surface area contributed by atoms with Crippen molar-refractivity contribution in [3.63, 3.8) is 0 Å². The van der Waals surface area contributed by atoms with Crippen LogP contribution in [0.25, 0.3) is 0 Å². The van der Waals surface area contributed by atoms with Crippen LogP contribution in [0.4, 0.5) is 4.39 Å². The zero-order valence-electron chi connectivity index (χ0n) is 23.3. The maximum Gasteiger partial charge on any atom is 0.254 e. The number of carbonyl (C=O) groups excluding carboxylic acids is 2. The van der Waals surface area contributed by atoms with Crippen molar-refractivity contribution in [2.24, 2.45) is 5.73 Å². The lowest BCUT2D eigenvalue weighted by Crippen LogP contribution is -2.40. The lowest BCUT2D eigenvalue weighted by molar-refractivity contribution is -0.133. The van der Waals surface area contributed by atoms with Crippen molar-refractivity contribution in [1.29, 1.82) is 0 Å². The van der Waals surface area contributed by atoms with Gasteiger partial charge in [0.1, 0.15) is 17.3 Å². The molecule has 3 aliphatic heterocycles. The third-order valence-corrected chi connectivity index (χ3v) is 7.54. The van der Waals surface area contributed by atoms with Gasteiger partial charge in [0.05, 0.1) is 25.3 Å². The highest BCUT2D eigenvalue weighted by atomic mass is 19.1. The number of fused-ring (bicyclic) bond motifs is 6. The molecule has 8 nitrogen and oxygen atoms in total. The first-order valence-electron chi connectivity index (χ1n) is 14.2. The van der Waals surface area contributed by atoms with E-state index in [0.29, 0.717) is 68.5 Å². The van der Waals surface area contributed by atoms with E-state index < -0.39 is 11.7 Å². The first kappa shape index (κ1) is 28.4. The molecule has 3 heterocycles. The van der Waals surface area contributed by atoms with Crippen LogP contribution in [0.15, 0.2) is 54.6 Å². The second kappa shape index (κ2) is 13.0. The van der Waals surface area contributed by atoms with Gasteiger partial charge >= 0.3 is 0 Å². The van der Waals surface area contributed by atoms with Gasteiger partial charge in [-0.3, -0.25) is 9.59 Å². The molecule has 0 radical (unpaired) electrons. The van der Waals surface area contributed by atoms with Gasteiger partial charge in [-0.05, 0) is 91.4 Å². The molecule has 8 bridgehead atoms. The van der Waals surface area contributed by atoms with Crippen molar-refractivity contribution in [2.45, 2.75) is 44.6 Å². The summed E-state index contributed by atoms with van der Waals surface area (Å²) in [6.07, 6.45) is 4.24. The summed E-state index contributed by atoms with van der Waals surface area (Å²) in [6, 6.07) is 15.4. The Hall–Kier alpha value is -4.11. The minimum atomic E-state index is -0.622. The first-order valence-corrected chi connectivity index (χ1v) is 14.2. The predicted molar refractivity (Wildman–Crippen MR) is 153 cm³/mol. The summed E-state index contributed by atoms with van der Waals surface area (Å²) < 4.78 is 32.2. The summed E-state index contributed by atoms with van der Waals surface area (Å²) in [5.74, 6) is 1.03. The molecule has 3 aromatic carbocycles. The average molecular weight is 562 g/mol. The molecule has 0 spiro atoms. The van der Waals surface area contributed by atoms with E-state index in [2.05, 4.69) is 5.32 Å². The molecule has 0 saturated carbocycles. The summed E-state index contributed by atoms with van der Waals surface area (Å²) in [7, 11) is 1.58. The summed E-state index contributed by atoms with van der Waals surface area (Å²) in [6.45, 7) is 1.78. The van der Waals surface area contributed by atoms with Crippen molar-refractivity contribution in [3.05, 3.63) is 82.7 Å². The molecule has 3 aromatic rings. The van der Waals surface area contributed by atoms with E-state index in [4.69, 9.17) is 19.9 Å². The van der Waals surface area contributed by atoms with Crippen LogP contribution >= 0.6 is 0 Å². The number of ether oxygens (including phenoxy) is 3. The zero-order valence-corrected chi connectivity index (χ0v) is 23.3. The van der Waals surface area contributed by atoms with Crippen LogP contribution in [0, 0.1) is 5.82 Å². The molecule has 3 N–H and O–H groups in total. The smallest absolute Gasteiger partial charge is 0.254 e. The molecule has 0 aromatic heterocycles. The number of carbonyl (C=O) groups is 2. The molecule has 216 valence electrons. The van der Waals surface area contributed by atoms with Gasteiger partial charge in [-0.1, -0.05) is 18.6 Å². The van der Waals surface area contributed by atoms with Crippen LogP contribution in [-0.4, -0.2) is 50.1 Å². The van der Waals surface area contributed by atoms with Crippen LogP contribution in [0.1, 0.15) is 65.2 Å². The van der Waals surface area contributed by atoms with Crippen molar-refractivity contribution in [2.75, 3.05) is 33.4 Å². The third-order valence-electron chi connectivity index (χ3n) is 7.54. The van der Waals surface area contributed by atoms with E-state index in [1.807, 2.05) is 41.3 Å². The Balaban J connectivity index is 1.55. The van der Waals surface area contributed by atoms with Crippen LogP contribution in [0.2, 0.25) is 0 Å².